The van der Waals surface area contributed by atoms with Crippen LogP contribution in [0.5, 0.6) is 0 Å². The lowest BCUT2D eigenvalue weighted by molar-refractivity contribution is -0.140. The zero-order valence-electron chi connectivity index (χ0n) is 17.2. The molecule has 0 amide bonds. The predicted octanol–water partition coefficient (Wildman–Crippen LogP) is 5.67. The fourth-order valence-electron chi connectivity index (χ4n) is 3.06. The third kappa shape index (κ3) is 11.2. The van der Waals surface area contributed by atoms with Crippen molar-refractivity contribution >= 4 is 0 Å². The highest BCUT2D eigenvalue weighted by molar-refractivity contribution is 4.81. The molecule has 0 saturated carbocycles. The second kappa shape index (κ2) is 17.4. The summed E-state index contributed by atoms with van der Waals surface area (Å²) in [5.74, 6) is 0. The quantitative estimate of drug-likeness (QED) is 0.193. The van der Waals surface area contributed by atoms with Crippen LogP contribution in [0.4, 0.5) is 0 Å². The number of ether oxygens (including phenoxy) is 1. The van der Waals surface area contributed by atoms with Gasteiger partial charge in [0.25, 0.3) is 0 Å². The van der Waals surface area contributed by atoms with Gasteiger partial charge in [0, 0.05) is 0 Å². The highest BCUT2D eigenvalue weighted by atomic mass is 16.5. The largest absolute Gasteiger partial charge is 0.345 e. The molecule has 0 N–H and O–H groups in total. The van der Waals surface area contributed by atoms with Crippen LogP contribution >= 0.6 is 0 Å². The molecule has 24 heavy (non-hydrogen) atoms. The standard InChI is InChI=1S/C21H44N2O/c1-6-11-12-13-14-15-16-17-18-19-20-24-21(22(7-2)8-3)23(9-4)10-5/h18-19,21H,6-17,20H2,1-5H3. The van der Waals surface area contributed by atoms with Crippen LogP contribution in [0.2, 0.25) is 0 Å². The molecule has 0 spiro atoms. The van der Waals surface area contributed by atoms with Gasteiger partial charge in [-0.25, -0.2) is 0 Å². The SMILES string of the molecule is CCCCCCCCCC=CCOC(N(CC)CC)N(CC)CC. The van der Waals surface area contributed by atoms with E-state index in [0.717, 1.165) is 26.2 Å². The van der Waals surface area contributed by atoms with Gasteiger partial charge in [0.15, 0.2) is 6.35 Å². The second-order valence-electron chi connectivity index (χ2n) is 6.48. The van der Waals surface area contributed by atoms with Crippen molar-refractivity contribution in [3.05, 3.63) is 12.2 Å². The first-order chi connectivity index (χ1) is 11.7. The Kier molecular flexibility index (Phi) is 17.2. The normalized spacial score (nSPS) is 12.3. The number of hydrogen-bond donors (Lipinski definition) is 0. The van der Waals surface area contributed by atoms with E-state index in [4.69, 9.17) is 4.74 Å². The molecule has 0 aliphatic heterocycles. The van der Waals surface area contributed by atoms with Crippen LogP contribution in [-0.2, 0) is 4.74 Å². The Balaban J connectivity index is 3.93. The molecule has 0 aliphatic carbocycles. The summed E-state index contributed by atoms with van der Waals surface area (Å²) in [6, 6.07) is 0. The van der Waals surface area contributed by atoms with Gasteiger partial charge in [0.1, 0.15) is 0 Å². The van der Waals surface area contributed by atoms with E-state index in [1.54, 1.807) is 0 Å². The van der Waals surface area contributed by atoms with Gasteiger partial charge in [-0.3, -0.25) is 9.80 Å². The van der Waals surface area contributed by atoms with Crippen molar-refractivity contribution in [3.8, 4) is 0 Å². The molecule has 144 valence electrons. The summed E-state index contributed by atoms with van der Waals surface area (Å²) < 4.78 is 6.17. The minimum atomic E-state index is 0.109. The zero-order valence-corrected chi connectivity index (χ0v) is 17.2. The van der Waals surface area contributed by atoms with Crippen LogP contribution in [0.15, 0.2) is 12.2 Å². The average Bonchev–Trinajstić information content (AvgIpc) is 2.61. The molecule has 0 bridgehead atoms. The first-order valence-electron chi connectivity index (χ1n) is 10.5. The maximum atomic E-state index is 6.17. The van der Waals surface area contributed by atoms with Crippen LogP contribution in [0.3, 0.4) is 0 Å². The third-order valence-electron chi connectivity index (χ3n) is 4.73. The Labute approximate surface area is 152 Å². The van der Waals surface area contributed by atoms with Gasteiger partial charge in [-0.05, 0) is 39.0 Å². The molecular formula is C21H44N2O. The lowest BCUT2D eigenvalue weighted by atomic mass is 10.1. The summed E-state index contributed by atoms with van der Waals surface area (Å²) in [7, 11) is 0. The molecule has 0 atom stereocenters. The summed E-state index contributed by atoms with van der Waals surface area (Å²) in [5, 5.41) is 0. The van der Waals surface area contributed by atoms with E-state index in [1.165, 1.54) is 51.4 Å². The molecule has 0 radical (unpaired) electrons. The van der Waals surface area contributed by atoms with Crippen LogP contribution in [-0.4, -0.2) is 48.9 Å². The van der Waals surface area contributed by atoms with Crippen LogP contribution in [0.1, 0.15) is 86.0 Å². The monoisotopic (exact) mass is 340 g/mol. The summed E-state index contributed by atoms with van der Waals surface area (Å²) in [5.41, 5.74) is 0. The molecule has 0 aromatic carbocycles. The molecule has 0 aromatic heterocycles. The van der Waals surface area contributed by atoms with E-state index >= 15 is 0 Å². The van der Waals surface area contributed by atoms with Gasteiger partial charge in [0.2, 0.25) is 0 Å². The minimum absolute atomic E-state index is 0.109. The van der Waals surface area contributed by atoms with Crippen LogP contribution in [0, 0.1) is 0 Å². The molecular weight excluding hydrogens is 296 g/mol. The van der Waals surface area contributed by atoms with E-state index in [9.17, 15) is 0 Å². The van der Waals surface area contributed by atoms with Gasteiger partial charge in [-0.15, -0.1) is 0 Å². The third-order valence-corrected chi connectivity index (χ3v) is 4.73. The van der Waals surface area contributed by atoms with E-state index in [2.05, 4.69) is 56.6 Å². The summed E-state index contributed by atoms with van der Waals surface area (Å²) in [6.45, 7) is 15.9. The van der Waals surface area contributed by atoms with Crippen molar-refractivity contribution in [1.82, 2.24) is 9.80 Å². The molecule has 0 aromatic rings. The molecule has 3 heteroatoms. The summed E-state index contributed by atoms with van der Waals surface area (Å²) >= 11 is 0. The number of hydrogen-bond acceptors (Lipinski definition) is 3. The fourth-order valence-corrected chi connectivity index (χ4v) is 3.06. The maximum Gasteiger partial charge on any atom is 0.168 e. The fraction of sp³-hybridized carbons (Fsp3) is 0.905. The Morgan fingerprint density at radius 3 is 1.67 bits per heavy atom. The van der Waals surface area contributed by atoms with Gasteiger partial charge in [-0.2, -0.15) is 0 Å². The van der Waals surface area contributed by atoms with Gasteiger partial charge in [-0.1, -0.05) is 85.3 Å². The van der Waals surface area contributed by atoms with E-state index in [0.29, 0.717) is 6.61 Å². The van der Waals surface area contributed by atoms with Crippen molar-refractivity contribution in [2.45, 2.75) is 92.3 Å². The smallest absolute Gasteiger partial charge is 0.168 e. The Hall–Kier alpha value is -0.380. The molecule has 0 fully saturated rings. The molecule has 0 aliphatic rings. The highest BCUT2D eigenvalue weighted by Crippen LogP contribution is 2.10. The topological polar surface area (TPSA) is 15.7 Å². The first kappa shape index (κ1) is 23.6. The van der Waals surface area contributed by atoms with Crippen molar-refractivity contribution in [2.24, 2.45) is 0 Å². The van der Waals surface area contributed by atoms with Gasteiger partial charge in [0.05, 0.1) is 6.61 Å². The zero-order chi connectivity index (χ0) is 18.0. The van der Waals surface area contributed by atoms with Crippen molar-refractivity contribution in [2.75, 3.05) is 32.8 Å². The molecule has 0 unspecified atom stereocenters. The summed E-state index contributed by atoms with van der Waals surface area (Å²) in [4.78, 5) is 4.77. The van der Waals surface area contributed by atoms with E-state index in [1.807, 2.05) is 0 Å². The number of rotatable bonds is 17. The second-order valence-corrected chi connectivity index (χ2v) is 6.48. The van der Waals surface area contributed by atoms with Crippen molar-refractivity contribution in [3.63, 3.8) is 0 Å². The Morgan fingerprint density at radius 1 is 0.667 bits per heavy atom. The van der Waals surface area contributed by atoms with Crippen molar-refractivity contribution in [1.29, 1.82) is 0 Å². The number of unbranched alkanes of at least 4 members (excludes halogenated alkanes) is 7. The number of nitrogens with zero attached hydrogens (tertiary/aromatic N) is 2. The minimum Gasteiger partial charge on any atom is -0.345 e. The van der Waals surface area contributed by atoms with Crippen LogP contribution in [0.25, 0.3) is 0 Å². The average molecular weight is 341 g/mol. The van der Waals surface area contributed by atoms with E-state index < -0.39 is 0 Å². The molecule has 0 rings (SSSR count). The number of allylic oxidation sites excluding steroid dienone is 1. The summed E-state index contributed by atoms with van der Waals surface area (Å²) in [6.07, 6.45) is 15.5. The van der Waals surface area contributed by atoms with Crippen molar-refractivity contribution < 1.29 is 4.74 Å². The molecule has 0 saturated heterocycles. The maximum absolute atomic E-state index is 6.17. The van der Waals surface area contributed by atoms with Gasteiger partial charge >= 0.3 is 0 Å². The Morgan fingerprint density at radius 2 is 1.17 bits per heavy atom. The van der Waals surface area contributed by atoms with Crippen LogP contribution < -0.4 is 0 Å². The molecule has 0 heterocycles. The first-order valence-corrected chi connectivity index (χ1v) is 10.5. The predicted molar refractivity (Wildman–Crippen MR) is 107 cm³/mol. The highest BCUT2D eigenvalue weighted by Gasteiger charge is 2.21. The molecule has 3 nitrogen and oxygen atoms in total. The lowest BCUT2D eigenvalue weighted by Gasteiger charge is -2.37. The lowest BCUT2D eigenvalue weighted by Crippen LogP contribution is -2.50. The van der Waals surface area contributed by atoms with E-state index in [-0.39, 0.29) is 6.35 Å². The Bertz CT molecular complexity index is 261. The van der Waals surface area contributed by atoms with Gasteiger partial charge < -0.3 is 4.74 Å².